The summed E-state index contributed by atoms with van der Waals surface area (Å²) in [6, 6.07) is 0. The zero-order chi connectivity index (χ0) is 12.7. The summed E-state index contributed by atoms with van der Waals surface area (Å²) in [5.74, 6) is 0. The van der Waals surface area contributed by atoms with Crippen molar-refractivity contribution in [2.75, 3.05) is 13.2 Å². The zero-order valence-electron chi connectivity index (χ0n) is 11.2. The first-order valence-corrected chi connectivity index (χ1v) is 8.60. The van der Waals surface area contributed by atoms with Gasteiger partial charge in [-0.25, -0.2) is 0 Å². The van der Waals surface area contributed by atoms with Crippen molar-refractivity contribution in [3.05, 3.63) is 0 Å². The number of rotatable bonds is 9. The molecule has 0 aliphatic rings. The molecule has 0 aromatic rings. The number of hydrogen-bond acceptors (Lipinski definition) is 4. The summed E-state index contributed by atoms with van der Waals surface area (Å²) in [7, 11) is -2.47. The van der Waals surface area contributed by atoms with Crippen LogP contribution in [0.15, 0.2) is 0 Å². The molecule has 0 radical (unpaired) electrons. The molecule has 0 atom stereocenters. The van der Waals surface area contributed by atoms with Crippen LogP contribution in [0.5, 0.6) is 0 Å². The first kappa shape index (κ1) is 16.1. The average Bonchev–Trinajstić information content (AvgIpc) is 2.18. The standard InChI is InChI=1S/C11H28N2O2Si/c1-5-8-9-10-11(12,13)16(4,14-6-2)15-7-3/h5-10,12-13H2,1-4H3. The minimum absolute atomic E-state index is 0.604. The Morgan fingerprint density at radius 3 is 1.88 bits per heavy atom. The van der Waals surface area contributed by atoms with Crippen LogP contribution < -0.4 is 11.5 Å². The van der Waals surface area contributed by atoms with E-state index in [4.69, 9.17) is 20.3 Å². The molecule has 98 valence electrons. The van der Waals surface area contributed by atoms with Crippen LogP contribution in [0.2, 0.25) is 6.55 Å². The molecule has 5 heteroatoms. The van der Waals surface area contributed by atoms with Gasteiger partial charge in [0.25, 0.3) is 0 Å². The Morgan fingerprint density at radius 1 is 1.00 bits per heavy atom. The van der Waals surface area contributed by atoms with Gasteiger partial charge in [-0.05, 0) is 26.8 Å². The molecule has 0 aliphatic heterocycles. The Balaban J connectivity index is 4.47. The van der Waals surface area contributed by atoms with E-state index < -0.39 is 13.8 Å². The predicted octanol–water partition coefficient (Wildman–Crippen LogP) is 1.86. The second-order valence-corrected chi connectivity index (χ2v) is 7.71. The van der Waals surface area contributed by atoms with Gasteiger partial charge in [-0.2, -0.15) is 0 Å². The monoisotopic (exact) mass is 248 g/mol. The van der Waals surface area contributed by atoms with Crippen LogP contribution >= 0.6 is 0 Å². The van der Waals surface area contributed by atoms with Gasteiger partial charge >= 0.3 is 8.56 Å². The lowest BCUT2D eigenvalue weighted by atomic mass is 10.2. The number of hydrogen-bond donors (Lipinski definition) is 2. The predicted molar refractivity (Wildman–Crippen MR) is 70.1 cm³/mol. The molecule has 0 aliphatic carbocycles. The van der Waals surface area contributed by atoms with Crippen molar-refractivity contribution in [1.29, 1.82) is 0 Å². The molecular formula is C11H28N2O2Si. The molecule has 0 bridgehead atoms. The van der Waals surface area contributed by atoms with Gasteiger partial charge in [0.1, 0.15) is 5.29 Å². The molecule has 0 aromatic carbocycles. The maximum atomic E-state index is 6.20. The van der Waals surface area contributed by atoms with Gasteiger partial charge in [-0.15, -0.1) is 0 Å². The second-order valence-electron chi connectivity index (χ2n) is 4.31. The third-order valence-corrected chi connectivity index (χ3v) is 6.50. The van der Waals surface area contributed by atoms with Crippen LogP contribution in [0.4, 0.5) is 0 Å². The summed E-state index contributed by atoms with van der Waals surface area (Å²) in [6.07, 6.45) is 4.12. The van der Waals surface area contributed by atoms with Crippen molar-refractivity contribution in [2.45, 2.75) is 58.3 Å². The van der Waals surface area contributed by atoms with E-state index >= 15 is 0 Å². The first-order chi connectivity index (χ1) is 7.43. The minimum atomic E-state index is -2.47. The third kappa shape index (κ3) is 4.51. The van der Waals surface area contributed by atoms with Crippen LogP contribution in [0.1, 0.15) is 46.5 Å². The first-order valence-electron chi connectivity index (χ1n) is 6.29. The molecular weight excluding hydrogens is 220 g/mol. The Hall–Kier alpha value is 0.0569. The van der Waals surface area contributed by atoms with Gasteiger partial charge in [-0.3, -0.25) is 0 Å². The summed E-state index contributed by atoms with van der Waals surface area (Å²) >= 11 is 0. The normalized spacial score (nSPS) is 13.1. The molecule has 0 heterocycles. The molecule has 16 heavy (non-hydrogen) atoms. The molecule has 0 saturated carbocycles. The molecule has 4 N–H and O–H groups in total. The van der Waals surface area contributed by atoms with Crippen LogP contribution in [0, 0.1) is 0 Å². The maximum Gasteiger partial charge on any atom is 0.370 e. The van der Waals surface area contributed by atoms with Crippen molar-refractivity contribution in [3.8, 4) is 0 Å². The average molecular weight is 248 g/mol. The molecule has 0 amide bonds. The van der Waals surface area contributed by atoms with Gasteiger partial charge in [0, 0.05) is 13.2 Å². The van der Waals surface area contributed by atoms with E-state index in [2.05, 4.69) is 6.92 Å². The number of nitrogens with two attached hydrogens (primary N) is 2. The Morgan fingerprint density at radius 2 is 1.50 bits per heavy atom. The van der Waals surface area contributed by atoms with Crippen molar-refractivity contribution in [2.24, 2.45) is 11.5 Å². The third-order valence-electron chi connectivity index (χ3n) is 2.88. The lowest BCUT2D eigenvalue weighted by Crippen LogP contribution is -2.72. The summed E-state index contributed by atoms with van der Waals surface area (Å²) in [4.78, 5) is 0. The van der Waals surface area contributed by atoms with Crippen molar-refractivity contribution in [3.63, 3.8) is 0 Å². The lowest BCUT2D eigenvalue weighted by molar-refractivity contribution is 0.157. The molecule has 0 unspecified atom stereocenters. The van der Waals surface area contributed by atoms with Gasteiger partial charge in [0.2, 0.25) is 0 Å². The van der Waals surface area contributed by atoms with Gasteiger partial charge in [0.15, 0.2) is 0 Å². The maximum absolute atomic E-state index is 6.20. The number of unbranched alkanes of at least 4 members (excludes halogenated alkanes) is 2. The van der Waals surface area contributed by atoms with Crippen molar-refractivity contribution >= 4 is 8.56 Å². The highest BCUT2D eigenvalue weighted by atomic mass is 28.4. The smallest absolute Gasteiger partial charge is 0.370 e. The van der Waals surface area contributed by atoms with E-state index in [-0.39, 0.29) is 0 Å². The van der Waals surface area contributed by atoms with E-state index in [1.165, 1.54) is 0 Å². The topological polar surface area (TPSA) is 70.5 Å². The molecule has 0 rings (SSSR count). The van der Waals surface area contributed by atoms with Gasteiger partial charge < -0.3 is 20.3 Å². The molecule has 0 spiro atoms. The van der Waals surface area contributed by atoms with Crippen LogP contribution in [0.3, 0.4) is 0 Å². The van der Waals surface area contributed by atoms with E-state index in [1.807, 2.05) is 20.4 Å². The summed E-state index contributed by atoms with van der Waals surface area (Å²) < 4.78 is 11.5. The van der Waals surface area contributed by atoms with Crippen molar-refractivity contribution < 1.29 is 8.85 Å². The summed E-state index contributed by atoms with van der Waals surface area (Å²) in [5.41, 5.74) is 12.4. The van der Waals surface area contributed by atoms with E-state index in [0.717, 1.165) is 25.7 Å². The van der Waals surface area contributed by atoms with Crippen molar-refractivity contribution in [1.82, 2.24) is 0 Å². The van der Waals surface area contributed by atoms with Gasteiger partial charge in [-0.1, -0.05) is 26.2 Å². The Labute approximate surface area is 101 Å². The minimum Gasteiger partial charge on any atom is -0.393 e. The fourth-order valence-electron chi connectivity index (χ4n) is 1.76. The van der Waals surface area contributed by atoms with E-state index in [9.17, 15) is 0 Å². The summed E-state index contributed by atoms with van der Waals surface area (Å²) in [5, 5.41) is -0.797. The largest absolute Gasteiger partial charge is 0.393 e. The Kier molecular flexibility index (Phi) is 7.42. The molecule has 0 aromatic heterocycles. The quantitative estimate of drug-likeness (QED) is 0.371. The molecule has 0 saturated heterocycles. The fraction of sp³-hybridized carbons (Fsp3) is 1.00. The SMILES string of the molecule is CCCCCC(N)(N)[Si](C)(OCC)OCC. The van der Waals surface area contributed by atoms with Gasteiger partial charge in [0.05, 0.1) is 0 Å². The second kappa shape index (κ2) is 7.40. The molecule has 4 nitrogen and oxygen atoms in total. The van der Waals surface area contributed by atoms with Crippen LogP contribution in [-0.2, 0) is 8.85 Å². The van der Waals surface area contributed by atoms with E-state index in [0.29, 0.717) is 13.2 Å². The zero-order valence-corrected chi connectivity index (χ0v) is 12.2. The highest BCUT2D eigenvalue weighted by Gasteiger charge is 2.48. The van der Waals surface area contributed by atoms with Crippen LogP contribution in [0.25, 0.3) is 0 Å². The van der Waals surface area contributed by atoms with Crippen LogP contribution in [-0.4, -0.2) is 27.1 Å². The highest BCUT2D eigenvalue weighted by Crippen LogP contribution is 2.22. The molecule has 0 fully saturated rings. The van der Waals surface area contributed by atoms with E-state index in [1.54, 1.807) is 0 Å². The fourth-order valence-corrected chi connectivity index (χ4v) is 4.11. The summed E-state index contributed by atoms with van der Waals surface area (Å²) in [6.45, 7) is 9.24. The Bertz CT molecular complexity index is 183. The lowest BCUT2D eigenvalue weighted by Gasteiger charge is -2.39. The highest BCUT2D eigenvalue weighted by molar-refractivity contribution is 6.69.